The molecule has 1 amide bonds. The fourth-order valence-electron chi connectivity index (χ4n) is 3.28. The second kappa shape index (κ2) is 8.77. The fourth-order valence-corrected chi connectivity index (χ4v) is 3.28. The van der Waals surface area contributed by atoms with Crippen molar-refractivity contribution in [2.75, 3.05) is 13.1 Å². The molecular weight excluding hydrogens is 340 g/mol. The van der Waals surface area contributed by atoms with E-state index < -0.39 is 0 Å². The molecule has 0 bridgehead atoms. The van der Waals surface area contributed by atoms with Gasteiger partial charge >= 0.3 is 0 Å². The predicted molar refractivity (Wildman–Crippen MR) is 102 cm³/mol. The summed E-state index contributed by atoms with van der Waals surface area (Å²) in [5.41, 5.74) is 2.26. The molecule has 1 aromatic heterocycles. The van der Waals surface area contributed by atoms with E-state index in [1.807, 2.05) is 26.0 Å². The van der Waals surface area contributed by atoms with Gasteiger partial charge in [-0.25, -0.2) is 0 Å². The molecule has 1 aromatic carbocycles. The Balaban J connectivity index is 1.62. The number of benzene rings is 1. The van der Waals surface area contributed by atoms with E-state index >= 15 is 0 Å². The van der Waals surface area contributed by atoms with Crippen molar-refractivity contribution < 1.29 is 13.9 Å². The number of ether oxygens (including phenoxy) is 1. The zero-order valence-electron chi connectivity index (χ0n) is 16.0. The molecule has 3 rings (SSSR count). The molecule has 0 atom stereocenters. The monoisotopic (exact) mass is 366 g/mol. The number of furan rings is 1. The first-order valence-electron chi connectivity index (χ1n) is 9.52. The van der Waals surface area contributed by atoms with Crippen molar-refractivity contribution in [1.82, 2.24) is 4.90 Å². The molecule has 1 aliphatic carbocycles. The molecule has 0 aliphatic heterocycles. The van der Waals surface area contributed by atoms with E-state index in [-0.39, 0.29) is 12.5 Å². The van der Waals surface area contributed by atoms with Crippen LogP contribution >= 0.6 is 0 Å². The zero-order valence-corrected chi connectivity index (χ0v) is 16.0. The number of carbonyl (C=O) groups excluding carboxylic acids is 1. The molecule has 1 saturated carbocycles. The van der Waals surface area contributed by atoms with Crippen molar-refractivity contribution in [1.29, 1.82) is 5.26 Å². The predicted octanol–water partition coefficient (Wildman–Crippen LogP) is 4.63. The summed E-state index contributed by atoms with van der Waals surface area (Å²) in [7, 11) is 0. The summed E-state index contributed by atoms with van der Waals surface area (Å²) in [4.78, 5) is 14.5. The topological polar surface area (TPSA) is 66.5 Å². The van der Waals surface area contributed by atoms with E-state index in [1.54, 1.807) is 17.0 Å². The van der Waals surface area contributed by atoms with Crippen LogP contribution < -0.4 is 4.74 Å². The number of amides is 1. The van der Waals surface area contributed by atoms with Crippen molar-refractivity contribution in [2.24, 2.45) is 5.92 Å². The number of hydrogen-bond donors (Lipinski definition) is 0. The molecule has 5 nitrogen and oxygen atoms in total. The van der Waals surface area contributed by atoms with Crippen molar-refractivity contribution in [3.8, 4) is 11.8 Å². The van der Waals surface area contributed by atoms with Crippen LogP contribution in [0.25, 0.3) is 0 Å². The third kappa shape index (κ3) is 4.91. The van der Waals surface area contributed by atoms with Crippen LogP contribution in [0.1, 0.15) is 53.1 Å². The van der Waals surface area contributed by atoms with Gasteiger partial charge in [0.1, 0.15) is 18.1 Å². The van der Waals surface area contributed by atoms with Crippen LogP contribution in [0.15, 0.2) is 34.7 Å². The average molecular weight is 366 g/mol. The zero-order chi connectivity index (χ0) is 19.2. The van der Waals surface area contributed by atoms with Crippen LogP contribution in [-0.4, -0.2) is 23.9 Å². The van der Waals surface area contributed by atoms with Crippen LogP contribution in [0, 0.1) is 31.1 Å². The van der Waals surface area contributed by atoms with E-state index in [0.29, 0.717) is 36.9 Å². The Morgan fingerprint density at radius 1 is 1.30 bits per heavy atom. The van der Waals surface area contributed by atoms with E-state index in [9.17, 15) is 4.79 Å². The molecule has 0 saturated heterocycles. The molecule has 142 valence electrons. The Kier molecular flexibility index (Phi) is 6.18. The number of aryl methyl sites for hydroxylation is 2. The van der Waals surface area contributed by atoms with E-state index in [1.165, 1.54) is 12.0 Å². The first-order chi connectivity index (χ1) is 13.1. The van der Waals surface area contributed by atoms with Crippen molar-refractivity contribution in [2.45, 2.75) is 46.1 Å². The molecule has 1 aliphatic rings. The SMILES string of the molecule is Cc1ccc(OCc2ccc(C(=O)N(CCC#N)CC3CCC3)o2)c(C)c1. The summed E-state index contributed by atoms with van der Waals surface area (Å²) in [6, 6.07) is 11.6. The molecule has 2 aromatic rings. The smallest absolute Gasteiger partial charge is 0.289 e. The lowest BCUT2D eigenvalue weighted by atomic mass is 9.85. The highest BCUT2D eigenvalue weighted by molar-refractivity contribution is 5.91. The van der Waals surface area contributed by atoms with Gasteiger partial charge < -0.3 is 14.1 Å². The summed E-state index contributed by atoms with van der Waals surface area (Å²) >= 11 is 0. The minimum absolute atomic E-state index is 0.144. The lowest BCUT2D eigenvalue weighted by Crippen LogP contribution is -2.37. The minimum Gasteiger partial charge on any atom is -0.485 e. The summed E-state index contributed by atoms with van der Waals surface area (Å²) in [5.74, 6) is 2.14. The maximum atomic E-state index is 12.8. The van der Waals surface area contributed by atoms with Crippen molar-refractivity contribution in [3.05, 3.63) is 53.0 Å². The van der Waals surface area contributed by atoms with Crippen molar-refractivity contribution >= 4 is 5.91 Å². The highest BCUT2D eigenvalue weighted by atomic mass is 16.5. The van der Waals surface area contributed by atoms with Gasteiger partial charge in [0.15, 0.2) is 5.76 Å². The van der Waals surface area contributed by atoms with Gasteiger partial charge in [-0.1, -0.05) is 24.1 Å². The lowest BCUT2D eigenvalue weighted by Gasteiger charge is -2.31. The van der Waals surface area contributed by atoms with Crippen molar-refractivity contribution in [3.63, 3.8) is 0 Å². The molecule has 0 N–H and O–H groups in total. The first-order valence-corrected chi connectivity index (χ1v) is 9.52. The van der Waals surface area contributed by atoms with Gasteiger partial charge in [-0.3, -0.25) is 4.79 Å². The molecular formula is C22H26N2O3. The van der Waals surface area contributed by atoms with Crippen LogP contribution in [0.4, 0.5) is 0 Å². The van der Waals surface area contributed by atoms with Gasteiger partial charge in [0, 0.05) is 13.1 Å². The van der Waals surface area contributed by atoms with Crippen LogP contribution in [0.3, 0.4) is 0 Å². The minimum atomic E-state index is -0.144. The Morgan fingerprint density at radius 3 is 2.78 bits per heavy atom. The molecule has 5 heteroatoms. The summed E-state index contributed by atoms with van der Waals surface area (Å²) in [6.07, 6.45) is 3.88. The summed E-state index contributed by atoms with van der Waals surface area (Å²) in [6.45, 7) is 5.48. The molecule has 1 heterocycles. The van der Waals surface area contributed by atoms with Gasteiger partial charge in [0.2, 0.25) is 0 Å². The number of carbonyl (C=O) groups is 1. The van der Waals surface area contributed by atoms with Gasteiger partial charge in [0.05, 0.1) is 12.5 Å². The standard InChI is InChI=1S/C22H26N2O3/c1-16-7-9-20(17(2)13-16)26-15-19-8-10-21(27-19)22(25)24(12-4-11-23)14-18-5-3-6-18/h7-10,13,18H,3-6,12,14-15H2,1-2H3. The van der Waals surface area contributed by atoms with Crippen LogP contribution in [-0.2, 0) is 6.61 Å². The van der Waals surface area contributed by atoms with Crippen LogP contribution in [0.2, 0.25) is 0 Å². The first kappa shape index (κ1) is 19.0. The fraction of sp³-hybridized carbons (Fsp3) is 0.455. The second-order valence-electron chi connectivity index (χ2n) is 7.28. The normalized spacial score (nSPS) is 13.7. The largest absolute Gasteiger partial charge is 0.485 e. The highest BCUT2D eigenvalue weighted by Crippen LogP contribution is 2.28. The van der Waals surface area contributed by atoms with E-state index in [4.69, 9.17) is 14.4 Å². The Bertz CT molecular complexity index is 830. The Morgan fingerprint density at radius 2 is 2.11 bits per heavy atom. The number of rotatable bonds is 8. The quantitative estimate of drug-likeness (QED) is 0.683. The average Bonchev–Trinajstić information content (AvgIpc) is 3.08. The molecule has 0 radical (unpaired) electrons. The third-order valence-electron chi connectivity index (χ3n) is 5.06. The highest BCUT2D eigenvalue weighted by Gasteiger charge is 2.25. The third-order valence-corrected chi connectivity index (χ3v) is 5.06. The Hall–Kier alpha value is -2.74. The molecule has 27 heavy (non-hydrogen) atoms. The van der Waals surface area contributed by atoms with Crippen LogP contribution in [0.5, 0.6) is 5.75 Å². The number of hydrogen-bond acceptors (Lipinski definition) is 4. The molecule has 1 fully saturated rings. The molecule has 0 spiro atoms. The molecule has 0 unspecified atom stereocenters. The van der Waals surface area contributed by atoms with Gasteiger partial charge in [-0.05, 0) is 56.4 Å². The van der Waals surface area contributed by atoms with E-state index in [2.05, 4.69) is 12.1 Å². The Labute approximate surface area is 160 Å². The summed E-state index contributed by atoms with van der Waals surface area (Å²) < 4.78 is 11.6. The van der Waals surface area contributed by atoms with Gasteiger partial charge in [-0.2, -0.15) is 5.26 Å². The number of nitrogens with zero attached hydrogens (tertiary/aromatic N) is 2. The lowest BCUT2D eigenvalue weighted by molar-refractivity contribution is 0.0664. The number of nitriles is 1. The second-order valence-corrected chi connectivity index (χ2v) is 7.28. The van der Waals surface area contributed by atoms with Gasteiger partial charge in [0.25, 0.3) is 5.91 Å². The maximum absolute atomic E-state index is 12.8. The summed E-state index contributed by atoms with van der Waals surface area (Å²) in [5, 5.41) is 8.87. The maximum Gasteiger partial charge on any atom is 0.289 e. The van der Waals surface area contributed by atoms with Gasteiger partial charge in [-0.15, -0.1) is 0 Å². The van der Waals surface area contributed by atoms with E-state index in [0.717, 1.165) is 24.2 Å².